The minimum atomic E-state index is -0.116. The minimum absolute atomic E-state index is 0.116. The number of nitrogens with one attached hydrogen (secondary N) is 1. The standard InChI is InChI=1S/C16H16N4OS/c1-11-18-14(12-6-4-3-5-7-12)15(22-11)16(21)17-10-13-8-9-20(2)19-13/h3-9H,10H2,1-2H3,(H,17,21). The number of carbonyl (C=O) groups excluding carboxylic acids is 1. The molecule has 0 aliphatic heterocycles. The molecule has 0 radical (unpaired) electrons. The SMILES string of the molecule is Cc1nc(-c2ccccc2)c(C(=O)NCc2ccn(C)n2)s1. The summed E-state index contributed by atoms with van der Waals surface area (Å²) < 4.78 is 1.72. The van der Waals surface area contributed by atoms with Crippen LogP contribution in [0.1, 0.15) is 20.4 Å². The molecule has 112 valence electrons. The van der Waals surface area contributed by atoms with E-state index in [1.54, 1.807) is 4.68 Å². The minimum Gasteiger partial charge on any atom is -0.346 e. The maximum absolute atomic E-state index is 12.5. The summed E-state index contributed by atoms with van der Waals surface area (Å²) in [6.07, 6.45) is 1.85. The van der Waals surface area contributed by atoms with Crippen molar-refractivity contribution in [2.45, 2.75) is 13.5 Å². The molecule has 1 N–H and O–H groups in total. The summed E-state index contributed by atoms with van der Waals surface area (Å²) >= 11 is 1.41. The number of thiazole rings is 1. The topological polar surface area (TPSA) is 59.8 Å². The third kappa shape index (κ3) is 3.07. The first-order chi connectivity index (χ1) is 10.6. The lowest BCUT2D eigenvalue weighted by Gasteiger charge is -2.04. The predicted octanol–water partition coefficient (Wildman–Crippen LogP) is 2.78. The summed E-state index contributed by atoms with van der Waals surface area (Å²) in [4.78, 5) is 17.6. The van der Waals surface area contributed by atoms with Gasteiger partial charge in [-0.2, -0.15) is 5.10 Å². The van der Waals surface area contributed by atoms with Crippen LogP contribution in [0.4, 0.5) is 0 Å². The van der Waals surface area contributed by atoms with Crippen molar-refractivity contribution in [1.29, 1.82) is 0 Å². The molecule has 0 aliphatic carbocycles. The summed E-state index contributed by atoms with van der Waals surface area (Å²) in [6.45, 7) is 2.32. The first-order valence-corrected chi connectivity index (χ1v) is 7.74. The molecule has 3 rings (SSSR count). The van der Waals surface area contributed by atoms with Gasteiger partial charge < -0.3 is 5.32 Å². The number of carbonyl (C=O) groups is 1. The van der Waals surface area contributed by atoms with Crippen LogP contribution in [-0.2, 0) is 13.6 Å². The van der Waals surface area contributed by atoms with Gasteiger partial charge in [0, 0.05) is 18.8 Å². The number of rotatable bonds is 4. The van der Waals surface area contributed by atoms with Gasteiger partial charge in [0.1, 0.15) is 4.88 Å². The van der Waals surface area contributed by atoms with Crippen LogP contribution in [0.2, 0.25) is 0 Å². The average molecular weight is 312 g/mol. The number of hydrogen-bond donors (Lipinski definition) is 1. The molecule has 0 unspecified atom stereocenters. The van der Waals surface area contributed by atoms with Crippen LogP contribution in [0.5, 0.6) is 0 Å². The van der Waals surface area contributed by atoms with E-state index in [4.69, 9.17) is 0 Å². The number of nitrogens with zero attached hydrogens (tertiary/aromatic N) is 3. The van der Waals surface area contributed by atoms with Crippen LogP contribution in [0.25, 0.3) is 11.3 Å². The lowest BCUT2D eigenvalue weighted by molar-refractivity contribution is 0.0955. The van der Waals surface area contributed by atoms with Crippen LogP contribution < -0.4 is 5.32 Å². The lowest BCUT2D eigenvalue weighted by Crippen LogP contribution is -2.22. The summed E-state index contributed by atoms with van der Waals surface area (Å²) in [5.41, 5.74) is 2.52. The molecule has 0 saturated carbocycles. The van der Waals surface area contributed by atoms with Crippen molar-refractivity contribution in [1.82, 2.24) is 20.1 Å². The van der Waals surface area contributed by atoms with Gasteiger partial charge in [0.15, 0.2) is 0 Å². The highest BCUT2D eigenvalue weighted by atomic mass is 32.1. The van der Waals surface area contributed by atoms with Crippen LogP contribution >= 0.6 is 11.3 Å². The average Bonchev–Trinajstić information content (AvgIpc) is 3.11. The second-order valence-electron chi connectivity index (χ2n) is 4.94. The Hall–Kier alpha value is -2.47. The zero-order valence-corrected chi connectivity index (χ0v) is 13.2. The molecule has 22 heavy (non-hydrogen) atoms. The zero-order valence-electron chi connectivity index (χ0n) is 12.4. The monoisotopic (exact) mass is 312 g/mol. The van der Waals surface area contributed by atoms with Gasteiger partial charge in [0.05, 0.1) is 22.9 Å². The Morgan fingerprint density at radius 1 is 1.27 bits per heavy atom. The van der Waals surface area contributed by atoms with E-state index < -0.39 is 0 Å². The Balaban J connectivity index is 1.81. The van der Waals surface area contributed by atoms with Gasteiger partial charge in [0.25, 0.3) is 5.91 Å². The van der Waals surface area contributed by atoms with Crippen molar-refractivity contribution in [2.24, 2.45) is 7.05 Å². The van der Waals surface area contributed by atoms with Gasteiger partial charge >= 0.3 is 0 Å². The highest BCUT2D eigenvalue weighted by Crippen LogP contribution is 2.27. The third-order valence-corrected chi connectivity index (χ3v) is 4.16. The fourth-order valence-electron chi connectivity index (χ4n) is 2.18. The maximum atomic E-state index is 12.5. The maximum Gasteiger partial charge on any atom is 0.263 e. The predicted molar refractivity (Wildman–Crippen MR) is 86.7 cm³/mol. The molecule has 2 aromatic heterocycles. The Morgan fingerprint density at radius 2 is 2.05 bits per heavy atom. The van der Waals surface area contributed by atoms with Crippen LogP contribution in [0.15, 0.2) is 42.6 Å². The molecule has 5 nitrogen and oxygen atoms in total. The molecule has 1 aromatic carbocycles. The Labute approximate surface area is 132 Å². The normalized spacial score (nSPS) is 10.6. The molecule has 3 aromatic rings. The molecule has 0 fully saturated rings. The summed E-state index contributed by atoms with van der Waals surface area (Å²) in [6, 6.07) is 11.6. The summed E-state index contributed by atoms with van der Waals surface area (Å²) in [7, 11) is 1.85. The smallest absolute Gasteiger partial charge is 0.263 e. The molecule has 0 aliphatic rings. The fraction of sp³-hybridized carbons (Fsp3) is 0.188. The number of aryl methyl sites for hydroxylation is 2. The van der Waals surface area contributed by atoms with Gasteiger partial charge in [-0.05, 0) is 13.0 Å². The van der Waals surface area contributed by atoms with E-state index in [0.717, 1.165) is 22.0 Å². The van der Waals surface area contributed by atoms with E-state index in [0.29, 0.717) is 11.4 Å². The van der Waals surface area contributed by atoms with Gasteiger partial charge in [-0.15, -0.1) is 11.3 Å². The molecule has 1 amide bonds. The number of benzene rings is 1. The fourth-order valence-corrected chi connectivity index (χ4v) is 3.04. The number of hydrogen-bond acceptors (Lipinski definition) is 4. The molecule has 0 saturated heterocycles. The molecule has 0 spiro atoms. The second-order valence-corrected chi connectivity index (χ2v) is 6.14. The van der Waals surface area contributed by atoms with Crippen molar-refractivity contribution in [2.75, 3.05) is 0 Å². The summed E-state index contributed by atoms with van der Waals surface area (Å²) in [5, 5.41) is 8.04. The quantitative estimate of drug-likeness (QED) is 0.806. The molecule has 2 heterocycles. The van der Waals surface area contributed by atoms with Crippen molar-refractivity contribution in [3.8, 4) is 11.3 Å². The number of aromatic nitrogens is 3. The summed E-state index contributed by atoms with van der Waals surface area (Å²) in [5.74, 6) is -0.116. The van der Waals surface area contributed by atoms with E-state index in [9.17, 15) is 4.79 Å². The Morgan fingerprint density at radius 3 is 2.73 bits per heavy atom. The van der Waals surface area contributed by atoms with E-state index in [2.05, 4.69) is 15.4 Å². The van der Waals surface area contributed by atoms with Crippen molar-refractivity contribution in [3.05, 3.63) is 58.2 Å². The van der Waals surface area contributed by atoms with E-state index in [-0.39, 0.29) is 5.91 Å². The van der Waals surface area contributed by atoms with Crippen molar-refractivity contribution < 1.29 is 4.79 Å². The molecule has 6 heteroatoms. The van der Waals surface area contributed by atoms with E-state index in [1.165, 1.54) is 11.3 Å². The van der Waals surface area contributed by atoms with E-state index >= 15 is 0 Å². The van der Waals surface area contributed by atoms with Gasteiger partial charge in [-0.25, -0.2) is 4.98 Å². The molecular weight excluding hydrogens is 296 g/mol. The van der Waals surface area contributed by atoms with E-state index in [1.807, 2.05) is 56.6 Å². The van der Waals surface area contributed by atoms with Crippen LogP contribution in [0.3, 0.4) is 0 Å². The zero-order chi connectivity index (χ0) is 15.5. The van der Waals surface area contributed by atoms with Crippen molar-refractivity contribution >= 4 is 17.2 Å². The molecular formula is C16H16N4OS. The first kappa shape index (κ1) is 14.5. The van der Waals surface area contributed by atoms with Gasteiger partial charge in [-0.3, -0.25) is 9.48 Å². The highest BCUT2D eigenvalue weighted by molar-refractivity contribution is 7.14. The highest BCUT2D eigenvalue weighted by Gasteiger charge is 2.18. The second kappa shape index (κ2) is 6.11. The number of amides is 1. The first-order valence-electron chi connectivity index (χ1n) is 6.93. The third-order valence-electron chi connectivity index (χ3n) is 3.19. The van der Waals surface area contributed by atoms with Crippen LogP contribution in [0, 0.1) is 6.92 Å². The Bertz CT molecular complexity index is 792. The molecule has 0 bridgehead atoms. The van der Waals surface area contributed by atoms with Crippen molar-refractivity contribution in [3.63, 3.8) is 0 Å². The Kier molecular flexibility index (Phi) is 4.02. The molecule has 0 atom stereocenters. The van der Waals surface area contributed by atoms with Crippen LogP contribution in [-0.4, -0.2) is 20.7 Å². The van der Waals surface area contributed by atoms with Gasteiger partial charge in [-0.1, -0.05) is 30.3 Å². The largest absolute Gasteiger partial charge is 0.346 e. The van der Waals surface area contributed by atoms with Gasteiger partial charge in [0.2, 0.25) is 0 Å². The lowest BCUT2D eigenvalue weighted by atomic mass is 10.1.